The van der Waals surface area contributed by atoms with Crippen LogP contribution in [0.4, 0.5) is 24.8 Å². The van der Waals surface area contributed by atoms with E-state index in [1.165, 1.54) is 25.5 Å². The molecule has 0 radical (unpaired) electrons. The Morgan fingerprint density at radius 2 is 1.86 bits per heavy atom. The second kappa shape index (κ2) is 10.2. The molecule has 0 spiro atoms. The summed E-state index contributed by atoms with van der Waals surface area (Å²) in [6.45, 7) is 6.62. The van der Waals surface area contributed by atoms with Crippen LogP contribution in [0.2, 0.25) is 0 Å². The van der Waals surface area contributed by atoms with Crippen molar-refractivity contribution in [2.24, 2.45) is 5.73 Å². The van der Waals surface area contributed by atoms with Gasteiger partial charge in [-0.25, -0.2) is 9.97 Å². The van der Waals surface area contributed by atoms with E-state index in [0.29, 0.717) is 55.2 Å². The van der Waals surface area contributed by atoms with Crippen molar-refractivity contribution in [1.29, 1.82) is 5.41 Å². The molecule has 1 aromatic heterocycles. The van der Waals surface area contributed by atoms with Gasteiger partial charge >= 0.3 is 6.18 Å². The van der Waals surface area contributed by atoms with Crippen LogP contribution in [0.3, 0.4) is 0 Å². The van der Waals surface area contributed by atoms with E-state index in [9.17, 15) is 13.2 Å². The van der Waals surface area contributed by atoms with Gasteiger partial charge in [-0.3, -0.25) is 4.90 Å². The van der Waals surface area contributed by atoms with E-state index in [-0.39, 0.29) is 17.4 Å². The molecule has 0 bridgehead atoms. The van der Waals surface area contributed by atoms with Crippen molar-refractivity contribution in [3.8, 4) is 0 Å². The minimum Gasteiger partial charge on any atom is -0.404 e. The molecule has 8 nitrogen and oxygen atoms in total. The molecule has 3 heterocycles. The van der Waals surface area contributed by atoms with Crippen LogP contribution in [0.1, 0.15) is 34.7 Å². The molecule has 1 aromatic carbocycles. The van der Waals surface area contributed by atoms with Crippen molar-refractivity contribution in [1.82, 2.24) is 19.8 Å². The van der Waals surface area contributed by atoms with E-state index in [1.54, 1.807) is 6.07 Å². The zero-order valence-electron chi connectivity index (χ0n) is 19.7. The van der Waals surface area contributed by atoms with Crippen LogP contribution in [0.15, 0.2) is 30.7 Å². The summed E-state index contributed by atoms with van der Waals surface area (Å²) < 4.78 is 40.9. The van der Waals surface area contributed by atoms with E-state index in [2.05, 4.69) is 24.7 Å². The molecular formula is C24H31F3N8. The summed E-state index contributed by atoms with van der Waals surface area (Å²) in [5.41, 5.74) is 13.1. The molecule has 35 heavy (non-hydrogen) atoms. The molecule has 2 saturated heterocycles. The van der Waals surface area contributed by atoms with Crippen LogP contribution < -0.4 is 16.4 Å². The lowest BCUT2D eigenvalue weighted by atomic mass is 9.97. The third-order valence-electron chi connectivity index (χ3n) is 6.87. The predicted molar refractivity (Wildman–Crippen MR) is 131 cm³/mol. The van der Waals surface area contributed by atoms with Gasteiger partial charge in [0.15, 0.2) is 0 Å². The summed E-state index contributed by atoms with van der Waals surface area (Å²) in [6, 6.07) is 4.58. The van der Waals surface area contributed by atoms with Crippen LogP contribution in [0.25, 0.3) is 5.57 Å². The Bertz CT molecular complexity index is 1090. The normalized spacial score (nSPS) is 18.9. The zero-order chi connectivity index (χ0) is 25.2. The molecular weight excluding hydrogens is 457 g/mol. The van der Waals surface area contributed by atoms with Crippen LogP contribution in [-0.4, -0.2) is 71.8 Å². The SMILES string of the molecule is Cc1ccc(C(CN2CCC2)N2CCN(c3ncnc(N)c3/C(C=N)=C/N)CC2)cc1C(F)(F)F. The second-order valence-electron chi connectivity index (χ2n) is 8.99. The first-order chi connectivity index (χ1) is 16.7. The molecule has 4 rings (SSSR count). The van der Waals surface area contributed by atoms with E-state index >= 15 is 0 Å². The number of hydrogen-bond acceptors (Lipinski definition) is 8. The summed E-state index contributed by atoms with van der Waals surface area (Å²) in [6.07, 6.45) is 0.543. The number of nitrogens with two attached hydrogens (primary N) is 2. The number of nitrogens with one attached hydrogen (secondary N) is 1. The zero-order valence-corrected chi connectivity index (χ0v) is 19.7. The molecule has 11 heteroatoms. The number of aromatic nitrogens is 2. The van der Waals surface area contributed by atoms with Gasteiger partial charge in [-0.05, 0) is 43.6 Å². The molecule has 2 fully saturated rings. The third kappa shape index (κ3) is 5.25. The van der Waals surface area contributed by atoms with Gasteiger partial charge < -0.3 is 26.7 Å². The Morgan fingerprint density at radius 3 is 2.43 bits per heavy atom. The Kier molecular flexibility index (Phi) is 7.27. The van der Waals surface area contributed by atoms with Crippen molar-refractivity contribution in [3.63, 3.8) is 0 Å². The van der Waals surface area contributed by atoms with Crippen LogP contribution in [0.5, 0.6) is 0 Å². The maximum absolute atomic E-state index is 13.6. The highest BCUT2D eigenvalue weighted by Gasteiger charge is 2.35. The Morgan fingerprint density at radius 1 is 1.14 bits per heavy atom. The molecule has 5 N–H and O–H groups in total. The highest BCUT2D eigenvalue weighted by Crippen LogP contribution is 2.36. The number of hydrogen-bond donors (Lipinski definition) is 3. The van der Waals surface area contributed by atoms with Crippen molar-refractivity contribution in [2.75, 3.05) is 56.4 Å². The predicted octanol–water partition coefficient (Wildman–Crippen LogP) is 2.90. The smallest absolute Gasteiger partial charge is 0.404 e. The minimum absolute atomic E-state index is 0.143. The Balaban J connectivity index is 1.58. The standard InChI is InChI=1S/C24H31F3N8/c1-16-3-4-17(11-19(16)24(25,26)27)20(14-33-5-2-6-33)34-7-9-35(10-8-34)23-21(18(12-28)13-29)22(30)31-15-32-23/h3-4,11-13,15,20,28H,2,5-10,14,29H2,1H3,(H2,30,31,32)/b18-13+,28-12?. The fourth-order valence-electron chi connectivity index (χ4n) is 4.75. The van der Waals surface area contributed by atoms with Crippen LogP contribution >= 0.6 is 0 Å². The highest BCUT2D eigenvalue weighted by molar-refractivity contribution is 6.12. The van der Waals surface area contributed by atoms with Gasteiger partial charge in [0.25, 0.3) is 0 Å². The molecule has 2 aliphatic heterocycles. The highest BCUT2D eigenvalue weighted by atomic mass is 19.4. The number of halogens is 3. The average molecular weight is 489 g/mol. The van der Waals surface area contributed by atoms with E-state index in [4.69, 9.17) is 16.9 Å². The van der Waals surface area contributed by atoms with Crippen LogP contribution in [0, 0.1) is 12.3 Å². The molecule has 2 aliphatic rings. The number of piperazine rings is 1. The van der Waals surface area contributed by atoms with Gasteiger partial charge in [0.1, 0.15) is 18.0 Å². The number of nitrogen functional groups attached to an aromatic ring is 1. The average Bonchev–Trinajstić information content (AvgIpc) is 2.80. The quantitative estimate of drug-likeness (QED) is 0.514. The first-order valence-corrected chi connectivity index (χ1v) is 11.6. The Hall–Kier alpha value is -3.18. The minimum atomic E-state index is -4.38. The fourth-order valence-corrected chi connectivity index (χ4v) is 4.75. The van der Waals surface area contributed by atoms with Gasteiger partial charge in [0, 0.05) is 56.8 Å². The maximum atomic E-state index is 13.6. The van der Waals surface area contributed by atoms with E-state index < -0.39 is 11.7 Å². The van der Waals surface area contributed by atoms with Gasteiger partial charge in [-0.2, -0.15) is 13.2 Å². The Labute approximate surface area is 202 Å². The number of allylic oxidation sites excluding steroid dienone is 1. The number of benzene rings is 1. The fraction of sp³-hybridized carbons (Fsp3) is 0.458. The summed E-state index contributed by atoms with van der Waals surface area (Å²) in [5, 5.41) is 7.66. The van der Waals surface area contributed by atoms with E-state index in [0.717, 1.165) is 25.7 Å². The summed E-state index contributed by atoms with van der Waals surface area (Å²) in [4.78, 5) is 15.1. The number of alkyl halides is 3. The van der Waals surface area contributed by atoms with Crippen LogP contribution in [-0.2, 0) is 6.18 Å². The number of nitrogens with zero attached hydrogens (tertiary/aromatic N) is 5. The van der Waals surface area contributed by atoms with Crippen molar-refractivity contribution >= 4 is 23.4 Å². The van der Waals surface area contributed by atoms with E-state index in [1.807, 2.05) is 6.07 Å². The topological polar surface area (TPSA) is 111 Å². The lowest BCUT2D eigenvalue weighted by molar-refractivity contribution is -0.138. The molecule has 0 amide bonds. The lowest BCUT2D eigenvalue weighted by Gasteiger charge is -2.43. The first kappa shape index (κ1) is 24.9. The third-order valence-corrected chi connectivity index (χ3v) is 6.87. The van der Waals surface area contributed by atoms with Crippen molar-refractivity contribution in [2.45, 2.75) is 25.6 Å². The summed E-state index contributed by atoms with van der Waals surface area (Å²) in [7, 11) is 0. The van der Waals surface area contributed by atoms with Gasteiger partial charge in [0.2, 0.25) is 0 Å². The van der Waals surface area contributed by atoms with Crippen molar-refractivity contribution in [3.05, 3.63) is 53.0 Å². The molecule has 188 valence electrons. The molecule has 2 aromatic rings. The van der Waals surface area contributed by atoms with Gasteiger partial charge in [0.05, 0.1) is 11.1 Å². The maximum Gasteiger partial charge on any atom is 0.416 e. The summed E-state index contributed by atoms with van der Waals surface area (Å²) >= 11 is 0. The molecule has 1 unspecified atom stereocenters. The number of likely N-dealkylation sites (tertiary alicyclic amines) is 1. The lowest BCUT2D eigenvalue weighted by Crippen LogP contribution is -2.51. The second-order valence-corrected chi connectivity index (χ2v) is 8.99. The monoisotopic (exact) mass is 488 g/mol. The number of aryl methyl sites for hydroxylation is 1. The molecule has 0 saturated carbocycles. The van der Waals surface area contributed by atoms with Crippen molar-refractivity contribution < 1.29 is 13.2 Å². The van der Waals surface area contributed by atoms with Gasteiger partial charge in [-0.15, -0.1) is 0 Å². The molecule has 1 atom stereocenters. The largest absolute Gasteiger partial charge is 0.416 e. The summed E-state index contributed by atoms with van der Waals surface area (Å²) in [5.74, 6) is 0.846. The number of anilines is 2. The van der Waals surface area contributed by atoms with Gasteiger partial charge in [-0.1, -0.05) is 12.1 Å². The first-order valence-electron chi connectivity index (χ1n) is 11.6. The molecule has 0 aliphatic carbocycles. The number of rotatable bonds is 7.